The van der Waals surface area contributed by atoms with Crippen LogP contribution in [-0.2, 0) is 10.0 Å². The fourth-order valence-corrected chi connectivity index (χ4v) is 4.08. The summed E-state index contributed by atoms with van der Waals surface area (Å²) < 4.78 is 27.0. The van der Waals surface area contributed by atoms with Crippen molar-refractivity contribution in [3.8, 4) is 0 Å². The second kappa shape index (κ2) is 5.78. The van der Waals surface area contributed by atoms with E-state index < -0.39 is 10.0 Å². The number of hydrogen-bond acceptors (Lipinski definition) is 4. The number of nitrogen functional groups attached to an aromatic ring is 1. The number of aliphatic hydroxyl groups is 1. The van der Waals surface area contributed by atoms with Crippen molar-refractivity contribution in [3.63, 3.8) is 0 Å². The molecule has 0 radical (unpaired) electrons. The molecule has 0 bridgehead atoms. The summed E-state index contributed by atoms with van der Waals surface area (Å²) in [6.07, 6.45) is 1.44. The zero-order valence-corrected chi connectivity index (χ0v) is 12.8. The van der Waals surface area contributed by atoms with E-state index in [2.05, 4.69) is 15.9 Å². The summed E-state index contributed by atoms with van der Waals surface area (Å²) in [5.41, 5.74) is 6.14. The number of rotatable bonds is 4. The second-order valence-electron chi connectivity index (χ2n) is 4.71. The molecular formula is C12H17BrN2O3S. The Balaban J connectivity index is 2.21. The fraction of sp³-hybridized carbons (Fsp3) is 0.500. The maximum Gasteiger partial charge on any atom is 0.243 e. The van der Waals surface area contributed by atoms with Crippen LogP contribution in [0.3, 0.4) is 0 Å². The van der Waals surface area contributed by atoms with Gasteiger partial charge in [0.2, 0.25) is 10.0 Å². The molecule has 1 aliphatic heterocycles. The van der Waals surface area contributed by atoms with Crippen molar-refractivity contribution in [3.05, 3.63) is 22.7 Å². The third-order valence-corrected chi connectivity index (χ3v) is 5.97. The molecule has 19 heavy (non-hydrogen) atoms. The molecule has 3 N–H and O–H groups in total. The summed E-state index contributed by atoms with van der Waals surface area (Å²) in [5, 5.41) is 8.91. The van der Waals surface area contributed by atoms with E-state index in [1.54, 1.807) is 12.1 Å². The number of aliphatic hydroxyl groups excluding tert-OH is 1. The minimum absolute atomic E-state index is 0.101. The van der Waals surface area contributed by atoms with Gasteiger partial charge in [-0.1, -0.05) is 0 Å². The van der Waals surface area contributed by atoms with Gasteiger partial charge in [-0.15, -0.1) is 0 Å². The predicted molar refractivity (Wildman–Crippen MR) is 77.1 cm³/mol. The number of anilines is 1. The highest BCUT2D eigenvalue weighted by Crippen LogP contribution is 2.29. The maximum absolute atomic E-state index is 12.4. The molecule has 0 saturated carbocycles. The largest absolute Gasteiger partial charge is 0.398 e. The molecule has 5 nitrogen and oxygen atoms in total. The summed E-state index contributed by atoms with van der Waals surface area (Å²) in [5.74, 6) is 0.243. The average Bonchev–Trinajstić information content (AvgIpc) is 2.82. The third-order valence-electron chi connectivity index (χ3n) is 3.39. The van der Waals surface area contributed by atoms with Gasteiger partial charge in [-0.3, -0.25) is 0 Å². The van der Waals surface area contributed by atoms with Crippen LogP contribution < -0.4 is 5.73 Å². The topological polar surface area (TPSA) is 83.6 Å². The Kier molecular flexibility index (Phi) is 4.50. The summed E-state index contributed by atoms with van der Waals surface area (Å²) in [4.78, 5) is 0.220. The van der Waals surface area contributed by atoms with Gasteiger partial charge in [0.05, 0.1) is 4.90 Å². The van der Waals surface area contributed by atoms with Crippen molar-refractivity contribution in [1.29, 1.82) is 0 Å². The molecule has 1 aliphatic rings. The second-order valence-corrected chi connectivity index (χ2v) is 7.51. The molecule has 0 spiro atoms. The standard InChI is InChI=1S/C12H17BrN2O3S/c13-11-2-1-10(7-12(11)14)19(17,18)15-5-3-9(8-15)4-6-16/h1-2,7,9,16H,3-6,8,14H2. The van der Waals surface area contributed by atoms with Crippen LogP contribution in [0.15, 0.2) is 27.6 Å². The number of nitrogens with zero attached hydrogens (tertiary/aromatic N) is 1. The lowest BCUT2D eigenvalue weighted by Gasteiger charge is -2.17. The van der Waals surface area contributed by atoms with Crippen molar-refractivity contribution >= 4 is 31.6 Å². The number of sulfonamides is 1. The zero-order chi connectivity index (χ0) is 14.0. The molecule has 0 aromatic heterocycles. The SMILES string of the molecule is Nc1cc(S(=O)(=O)N2CCC(CCO)C2)ccc1Br. The van der Waals surface area contributed by atoms with Gasteiger partial charge in [0.15, 0.2) is 0 Å². The molecule has 1 atom stereocenters. The van der Waals surface area contributed by atoms with E-state index >= 15 is 0 Å². The smallest absolute Gasteiger partial charge is 0.243 e. The molecule has 1 aromatic rings. The normalized spacial score (nSPS) is 20.8. The molecule has 1 heterocycles. The first-order chi connectivity index (χ1) is 8.95. The van der Waals surface area contributed by atoms with Crippen LogP contribution in [0.5, 0.6) is 0 Å². The molecule has 0 amide bonds. The minimum Gasteiger partial charge on any atom is -0.398 e. The van der Waals surface area contributed by atoms with E-state index in [4.69, 9.17) is 10.8 Å². The van der Waals surface area contributed by atoms with Crippen LogP contribution in [-0.4, -0.2) is 37.5 Å². The molecule has 106 valence electrons. The van der Waals surface area contributed by atoms with E-state index in [0.717, 1.165) is 6.42 Å². The first-order valence-corrected chi connectivity index (χ1v) is 8.34. The van der Waals surface area contributed by atoms with Crippen molar-refractivity contribution in [1.82, 2.24) is 4.31 Å². The molecule has 1 saturated heterocycles. The van der Waals surface area contributed by atoms with Gasteiger partial charge in [-0.2, -0.15) is 4.31 Å². The lowest BCUT2D eigenvalue weighted by Crippen LogP contribution is -2.29. The van der Waals surface area contributed by atoms with Gasteiger partial charge in [-0.05, 0) is 52.9 Å². The quantitative estimate of drug-likeness (QED) is 0.806. The Hall–Kier alpha value is -0.630. The Morgan fingerprint density at radius 2 is 2.21 bits per heavy atom. The molecule has 1 aromatic carbocycles. The van der Waals surface area contributed by atoms with Crippen LogP contribution in [0, 0.1) is 5.92 Å². The van der Waals surface area contributed by atoms with Crippen molar-refractivity contribution in [2.45, 2.75) is 17.7 Å². The van der Waals surface area contributed by atoms with E-state index in [-0.39, 0.29) is 17.4 Å². The predicted octanol–water partition coefficient (Wildman–Crippen LogP) is 1.42. The van der Waals surface area contributed by atoms with E-state index in [0.29, 0.717) is 29.7 Å². The van der Waals surface area contributed by atoms with Crippen LogP contribution >= 0.6 is 15.9 Å². The van der Waals surface area contributed by atoms with Gasteiger partial charge in [0.25, 0.3) is 0 Å². The summed E-state index contributed by atoms with van der Waals surface area (Å²) in [7, 11) is -3.48. The molecule has 7 heteroatoms. The number of hydrogen-bond donors (Lipinski definition) is 2. The Morgan fingerprint density at radius 3 is 2.84 bits per heavy atom. The van der Waals surface area contributed by atoms with Crippen LogP contribution in [0.1, 0.15) is 12.8 Å². The van der Waals surface area contributed by atoms with Crippen molar-refractivity contribution < 1.29 is 13.5 Å². The number of benzene rings is 1. The Bertz CT molecular complexity index is 562. The van der Waals surface area contributed by atoms with Gasteiger partial charge >= 0.3 is 0 Å². The third kappa shape index (κ3) is 3.10. The average molecular weight is 349 g/mol. The number of halogens is 1. The van der Waals surface area contributed by atoms with Gasteiger partial charge in [0.1, 0.15) is 0 Å². The van der Waals surface area contributed by atoms with E-state index in [1.165, 1.54) is 10.4 Å². The molecule has 0 aliphatic carbocycles. The van der Waals surface area contributed by atoms with Gasteiger partial charge in [0, 0.05) is 29.9 Å². The Morgan fingerprint density at radius 1 is 1.47 bits per heavy atom. The highest BCUT2D eigenvalue weighted by molar-refractivity contribution is 9.10. The van der Waals surface area contributed by atoms with Gasteiger partial charge in [-0.25, -0.2) is 8.42 Å². The lowest BCUT2D eigenvalue weighted by molar-refractivity contribution is 0.259. The highest BCUT2D eigenvalue weighted by atomic mass is 79.9. The van der Waals surface area contributed by atoms with Crippen molar-refractivity contribution in [2.24, 2.45) is 5.92 Å². The summed E-state index contributed by atoms with van der Waals surface area (Å²) in [6.45, 7) is 1.08. The maximum atomic E-state index is 12.4. The van der Waals surface area contributed by atoms with Crippen LogP contribution in [0.2, 0.25) is 0 Å². The number of nitrogens with two attached hydrogens (primary N) is 1. The molecule has 2 rings (SSSR count). The first-order valence-electron chi connectivity index (χ1n) is 6.11. The van der Waals surface area contributed by atoms with Crippen molar-refractivity contribution in [2.75, 3.05) is 25.4 Å². The van der Waals surface area contributed by atoms with E-state index in [1.807, 2.05) is 0 Å². The Labute approximate surface area is 121 Å². The minimum atomic E-state index is -3.48. The van der Waals surface area contributed by atoms with Crippen LogP contribution in [0.25, 0.3) is 0 Å². The first kappa shape index (κ1) is 14.8. The molecule has 1 unspecified atom stereocenters. The summed E-state index contributed by atoms with van der Waals surface area (Å²) >= 11 is 3.25. The lowest BCUT2D eigenvalue weighted by atomic mass is 10.1. The van der Waals surface area contributed by atoms with Gasteiger partial charge < -0.3 is 10.8 Å². The highest BCUT2D eigenvalue weighted by Gasteiger charge is 2.32. The molecular weight excluding hydrogens is 332 g/mol. The zero-order valence-electron chi connectivity index (χ0n) is 10.4. The molecule has 1 fully saturated rings. The fourth-order valence-electron chi connectivity index (χ4n) is 2.26. The van der Waals surface area contributed by atoms with Crippen LogP contribution in [0.4, 0.5) is 5.69 Å². The summed E-state index contributed by atoms with van der Waals surface area (Å²) in [6, 6.07) is 4.66. The van der Waals surface area contributed by atoms with E-state index in [9.17, 15) is 8.42 Å². The monoisotopic (exact) mass is 348 g/mol.